The minimum absolute atomic E-state index is 0.239. The van der Waals surface area contributed by atoms with Crippen LogP contribution in [0.15, 0.2) is 0 Å². The van der Waals surface area contributed by atoms with Crippen molar-refractivity contribution in [1.82, 2.24) is 0 Å². The lowest BCUT2D eigenvalue weighted by atomic mass is 9.58. The first kappa shape index (κ1) is 11.0. The molecule has 0 aromatic rings. The van der Waals surface area contributed by atoms with E-state index in [-0.39, 0.29) is 5.60 Å². The SMILES string of the molecule is CC.CCC12CCC(O)(CC1)CC2. The van der Waals surface area contributed by atoms with Gasteiger partial charge in [0.15, 0.2) is 0 Å². The van der Waals surface area contributed by atoms with E-state index in [0.29, 0.717) is 5.41 Å². The van der Waals surface area contributed by atoms with Crippen LogP contribution in [0, 0.1) is 5.41 Å². The molecule has 13 heavy (non-hydrogen) atoms. The summed E-state index contributed by atoms with van der Waals surface area (Å²) >= 11 is 0. The van der Waals surface area contributed by atoms with Crippen LogP contribution in [0.1, 0.15) is 65.7 Å². The molecular weight excluding hydrogens is 160 g/mol. The van der Waals surface area contributed by atoms with Crippen LogP contribution >= 0.6 is 0 Å². The Kier molecular flexibility index (Phi) is 3.39. The van der Waals surface area contributed by atoms with Crippen molar-refractivity contribution < 1.29 is 5.11 Å². The largest absolute Gasteiger partial charge is 0.390 e. The monoisotopic (exact) mass is 184 g/mol. The molecule has 0 aliphatic heterocycles. The van der Waals surface area contributed by atoms with Crippen molar-refractivity contribution in [2.24, 2.45) is 5.41 Å². The molecule has 3 fully saturated rings. The van der Waals surface area contributed by atoms with Gasteiger partial charge in [0, 0.05) is 0 Å². The second-order valence-corrected chi connectivity index (χ2v) is 4.58. The van der Waals surface area contributed by atoms with Crippen molar-refractivity contribution in [2.75, 3.05) is 0 Å². The Hall–Kier alpha value is -0.0400. The third kappa shape index (κ3) is 2.07. The second kappa shape index (κ2) is 4.00. The van der Waals surface area contributed by atoms with Crippen molar-refractivity contribution in [3.8, 4) is 0 Å². The zero-order valence-electron chi connectivity index (χ0n) is 9.40. The molecule has 3 saturated carbocycles. The fourth-order valence-electron chi connectivity index (χ4n) is 2.77. The van der Waals surface area contributed by atoms with E-state index in [9.17, 15) is 5.11 Å². The third-order valence-corrected chi connectivity index (χ3v) is 4.11. The van der Waals surface area contributed by atoms with Crippen molar-refractivity contribution in [3.63, 3.8) is 0 Å². The molecule has 0 aromatic heterocycles. The van der Waals surface area contributed by atoms with E-state index in [1.807, 2.05) is 13.8 Å². The molecule has 3 aliphatic carbocycles. The maximum atomic E-state index is 9.93. The van der Waals surface area contributed by atoms with E-state index in [4.69, 9.17) is 0 Å². The molecular formula is C12H24O. The Morgan fingerprint density at radius 3 is 1.62 bits per heavy atom. The van der Waals surface area contributed by atoms with Gasteiger partial charge in [-0.1, -0.05) is 27.2 Å². The van der Waals surface area contributed by atoms with E-state index >= 15 is 0 Å². The normalized spacial score (nSPS) is 42.5. The summed E-state index contributed by atoms with van der Waals surface area (Å²) in [6.07, 6.45) is 8.37. The highest BCUT2D eigenvalue weighted by Crippen LogP contribution is 2.53. The molecule has 0 saturated heterocycles. The lowest BCUT2D eigenvalue weighted by molar-refractivity contribution is -0.0927. The number of fused-ring (bicyclic) bond motifs is 3. The summed E-state index contributed by atoms with van der Waals surface area (Å²) in [6.45, 7) is 6.30. The van der Waals surface area contributed by atoms with Crippen molar-refractivity contribution >= 4 is 0 Å². The van der Waals surface area contributed by atoms with Gasteiger partial charge in [-0.3, -0.25) is 0 Å². The van der Waals surface area contributed by atoms with E-state index in [0.717, 1.165) is 19.3 Å². The number of hydrogen-bond donors (Lipinski definition) is 1. The zero-order valence-corrected chi connectivity index (χ0v) is 9.40. The predicted molar refractivity (Wildman–Crippen MR) is 56.7 cm³/mol. The van der Waals surface area contributed by atoms with Crippen LogP contribution in [0.3, 0.4) is 0 Å². The van der Waals surface area contributed by atoms with Gasteiger partial charge in [-0.15, -0.1) is 0 Å². The summed E-state index contributed by atoms with van der Waals surface area (Å²) in [4.78, 5) is 0. The van der Waals surface area contributed by atoms with Gasteiger partial charge < -0.3 is 5.11 Å². The van der Waals surface area contributed by atoms with Crippen LogP contribution in [-0.4, -0.2) is 10.7 Å². The summed E-state index contributed by atoms with van der Waals surface area (Å²) in [7, 11) is 0. The van der Waals surface area contributed by atoms with Gasteiger partial charge in [0.25, 0.3) is 0 Å². The van der Waals surface area contributed by atoms with Crippen LogP contribution in [-0.2, 0) is 0 Å². The van der Waals surface area contributed by atoms with E-state index in [1.54, 1.807) is 0 Å². The molecule has 3 aliphatic rings. The summed E-state index contributed by atoms with van der Waals surface area (Å²) in [5, 5.41) is 9.93. The Bertz CT molecular complexity index is 138. The minimum atomic E-state index is -0.239. The van der Waals surface area contributed by atoms with Crippen molar-refractivity contribution in [2.45, 2.75) is 71.3 Å². The molecule has 0 amide bonds. The van der Waals surface area contributed by atoms with E-state index in [1.165, 1.54) is 25.7 Å². The quantitative estimate of drug-likeness (QED) is 0.661. The zero-order chi connectivity index (χ0) is 9.95. The molecule has 0 unspecified atom stereocenters. The average Bonchev–Trinajstić information content (AvgIpc) is 2.23. The fraction of sp³-hybridized carbons (Fsp3) is 1.00. The summed E-state index contributed by atoms with van der Waals surface area (Å²) in [5.41, 5.74) is 0.404. The maximum Gasteiger partial charge on any atom is 0.0648 e. The smallest absolute Gasteiger partial charge is 0.0648 e. The summed E-state index contributed by atoms with van der Waals surface area (Å²) in [5.74, 6) is 0. The molecule has 78 valence electrons. The molecule has 0 heterocycles. The standard InChI is InChI=1S/C10H18O.C2H6/c1-2-9-3-6-10(11,7-4-9)8-5-9;1-2/h11H,2-8H2,1H3;1-2H3. The first-order valence-electron chi connectivity index (χ1n) is 5.91. The predicted octanol–water partition coefficient (Wildman–Crippen LogP) is 3.51. The highest BCUT2D eigenvalue weighted by molar-refractivity contribution is 4.98. The Labute approximate surface area is 82.5 Å². The molecule has 0 spiro atoms. The first-order chi connectivity index (χ1) is 6.18. The highest BCUT2D eigenvalue weighted by Gasteiger charge is 2.46. The molecule has 1 nitrogen and oxygen atoms in total. The molecule has 0 radical (unpaired) electrons. The van der Waals surface area contributed by atoms with Crippen molar-refractivity contribution in [1.29, 1.82) is 0 Å². The molecule has 3 rings (SSSR count). The summed E-state index contributed by atoms with van der Waals surface area (Å²) in [6, 6.07) is 0. The summed E-state index contributed by atoms with van der Waals surface area (Å²) < 4.78 is 0. The first-order valence-corrected chi connectivity index (χ1v) is 5.91. The third-order valence-electron chi connectivity index (χ3n) is 4.11. The van der Waals surface area contributed by atoms with Gasteiger partial charge in [-0.25, -0.2) is 0 Å². The number of rotatable bonds is 1. The lowest BCUT2D eigenvalue weighted by Crippen LogP contribution is -2.45. The van der Waals surface area contributed by atoms with Crippen molar-refractivity contribution in [3.05, 3.63) is 0 Å². The molecule has 0 aromatic carbocycles. The van der Waals surface area contributed by atoms with Gasteiger partial charge in [0.2, 0.25) is 0 Å². The van der Waals surface area contributed by atoms with Gasteiger partial charge in [-0.2, -0.15) is 0 Å². The number of aliphatic hydroxyl groups is 1. The van der Waals surface area contributed by atoms with Gasteiger partial charge in [0.1, 0.15) is 0 Å². The highest BCUT2D eigenvalue weighted by atomic mass is 16.3. The van der Waals surface area contributed by atoms with Gasteiger partial charge >= 0.3 is 0 Å². The topological polar surface area (TPSA) is 20.2 Å². The van der Waals surface area contributed by atoms with Crippen LogP contribution in [0.5, 0.6) is 0 Å². The van der Waals surface area contributed by atoms with Crippen LogP contribution in [0.4, 0.5) is 0 Å². The van der Waals surface area contributed by atoms with Crippen LogP contribution < -0.4 is 0 Å². The Morgan fingerprint density at radius 2 is 1.31 bits per heavy atom. The van der Waals surface area contributed by atoms with Gasteiger partial charge in [0.05, 0.1) is 5.60 Å². The molecule has 1 N–H and O–H groups in total. The molecule has 2 bridgehead atoms. The Balaban J connectivity index is 0.000000396. The van der Waals surface area contributed by atoms with Gasteiger partial charge in [-0.05, 0) is 43.9 Å². The number of hydrogen-bond acceptors (Lipinski definition) is 1. The van der Waals surface area contributed by atoms with Crippen LogP contribution in [0.2, 0.25) is 0 Å². The van der Waals surface area contributed by atoms with Crippen LogP contribution in [0.25, 0.3) is 0 Å². The second-order valence-electron chi connectivity index (χ2n) is 4.58. The lowest BCUT2D eigenvalue weighted by Gasteiger charge is -2.50. The van der Waals surface area contributed by atoms with E-state index in [2.05, 4.69) is 6.92 Å². The minimum Gasteiger partial charge on any atom is -0.390 e. The fourth-order valence-corrected chi connectivity index (χ4v) is 2.77. The Morgan fingerprint density at radius 1 is 0.923 bits per heavy atom. The van der Waals surface area contributed by atoms with E-state index < -0.39 is 0 Å². The molecule has 0 atom stereocenters. The maximum absolute atomic E-state index is 9.93. The molecule has 1 heteroatoms. The average molecular weight is 184 g/mol.